The van der Waals surface area contributed by atoms with E-state index in [0.717, 1.165) is 25.8 Å². The number of carbonyl (C=O) groups is 1. The maximum atomic E-state index is 12.9. The molecule has 86 valence electrons. The first-order valence-electron chi connectivity index (χ1n) is 5.59. The number of hydrogen-bond acceptors (Lipinski definition) is 2. The van der Waals surface area contributed by atoms with Crippen molar-refractivity contribution in [2.24, 2.45) is 5.41 Å². The van der Waals surface area contributed by atoms with E-state index in [1.165, 1.54) is 6.92 Å². The van der Waals surface area contributed by atoms with Crippen LogP contribution in [0.2, 0.25) is 0 Å². The number of halogens is 2. The van der Waals surface area contributed by atoms with Gasteiger partial charge < -0.3 is 5.32 Å². The van der Waals surface area contributed by atoms with Crippen LogP contribution in [0, 0.1) is 5.41 Å². The fraction of sp³-hybridized carbons (Fsp3) is 0.909. The third kappa shape index (κ3) is 2.05. The third-order valence-electron chi connectivity index (χ3n) is 3.63. The molecule has 1 aliphatic heterocycles. The van der Waals surface area contributed by atoms with Gasteiger partial charge in [0.15, 0.2) is 5.78 Å². The lowest BCUT2D eigenvalue weighted by Gasteiger charge is -2.23. The normalized spacial score (nSPS) is 38.7. The molecular formula is C11H17F2NO. The molecule has 1 N–H and O–H groups in total. The monoisotopic (exact) mass is 217 g/mol. The molecule has 2 rings (SSSR count). The van der Waals surface area contributed by atoms with Crippen LogP contribution < -0.4 is 5.32 Å². The first-order valence-corrected chi connectivity index (χ1v) is 5.59. The van der Waals surface area contributed by atoms with Gasteiger partial charge in [0.25, 0.3) is 5.92 Å². The second-order valence-corrected chi connectivity index (χ2v) is 5.09. The van der Waals surface area contributed by atoms with Gasteiger partial charge in [-0.15, -0.1) is 0 Å². The smallest absolute Gasteiger partial charge is 0.254 e. The van der Waals surface area contributed by atoms with Crippen molar-refractivity contribution in [2.75, 3.05) is 6.54 Å². The molecule has 2 nitrogen and oxygen atoms in total. The van der Waals surface area contributed by atoms with Crippen LogP contribution in [0.25, 0.3) is 0 Å². The lowest BCUT2D eigenvalue weighted by molar-refractivity contribution is -0.123. The molecule has 1 heterocycles. The van der Waals surface area contributed by atoms with Gasteiger partial charge in [-0.05, 0) is 19.4 Å². The van der Waals surface area contributed by atoms with E-state index in [1.54, 1.807) is 0 Å². The van der Waals surface area contributed by atoms with Crippen LogP contribution in [0.15, 0.2) is 0 Å². The first kappa shape index (κ1) is 11.0. The van der Waals surface area contributed by atoms with E-state index < -0.39 is 11.3 Å². The predicted molar refractivity (Wildman–Crippen MR) is 52.9 cm³/mol. The topological polar surface area (TPSA) is 29.1 Å². The summed E-state index contributed by atoms with van der Waals surface area (Å²) in [4.78, 5) is 11.7. The van der Waals surface area contributed by atoms with Crippen molar-refractivity contribution in [1.29, 1.82) is 0 Å². The fourth-order valence-corrected chi connectivity index (χ4v) is 2.27. The Labute approximate surface area is 88.4 Å². The lowest BCUT2D eigenvalue weighted by Crippen LogP contribution is -2.41. The highest BCUT2D eigenvalue weighted by Crippen LogP contribution is 2.62. The zero-order valence-electron chi connectivity index (χ0n) is 8.98. The van der Waals surface area contributed by atoms with Crippen molar-refractivity contribution >= 4 is 5.78 Å². The lowest BCUT2D eigenvalue weighted by atomic mass is 9.93. The number of hydrogen-bond donors (Lipinski definition) is 1. The maximum Gasteiger partial charge on any atom is 0.254 e. The standard InChI is InChI=1S/C11H17F2NO/c1-10(7-11(10,12)13)6-9(15)8-4-2-3-5-14-8/h8,14H,2-7H2,1H3/t8-,10?/m0/s1. The Morgan fingerprint density at radius 3 is 2.60 bits per heavy atom. The largest absolute Gasteiger partial charge is 0.307 e. The number of alkyl halides is 2. The molecule has 4 heteroatoms. The fourth-order valence-electron chi connectivity index (χ4n) is 2.27. The molecule has 0 amide bonds. The number of Topliss-reactive ketones (excluding diaryl/α,β-unsaturated/α-hetero) is 1. The number of ketones is 1. The van der Waals surface area contributed by atoms with Gasteiger partial charge in [0.1, 0.15) is 0 Å². The molecule has 0 spiro atoms. The van der Waals surface area contributed by atoms with Gasteiger partial charge in [0.05, 0.1) is 6.04 Å². The van der Waals surface area contributed by atoms with Gasteiger partial charge in [-0.3, -0.25) is 4.79 Å². The van der Waals surface area contributed by atoms with Crippen molar-refractivity contribution in [3.8, 4) is 0 Å². The van der Waals surface area contributed by atoms with E-state index in [0.29, 0.717) is 0 Å². The molecule has 0 aromatic carbocycles. The van der Waals surface area contributed by atoms with Gasteiger partial charge >= 0.3 is 0 Å². The highest BCUT2D eigenvalue weighted by Gasteiger charge is 2.68. The first-order chi connectivity index (χ1) is 6.95. The number of carbonyl (C=O) groups excluding carboxylic acids is 1. The molecule has 1 unspecified atom stereocenters. The predicted octanol–water partition coefficient (Wildman–Crippen LogP) is 2.13. The summed E-state index contributed by atoms with van der Waals surface area (Å²) in [5.41, 5.74) is -1.05. The Balaban J connectivity index is 1.87. The number of nitrogens with one attached hydrogen (secondary N) is 1. The van der Waals surface area contributed by atoms with Crippen LogP contribution in [0.1, 0.15) is 39.0 Å². The Bertz CT molecular complexity index is 274. The molecule has 0 aromatic rings. The van der Waals surface area contributed by atoms with Crippen LogP contribution >= 0.6 is 0 Å². The van der Waals surface area contributed by atoms with E-state index in [-0.39, 0.29) is 24.7 Å². The summed E-state index contributed by atoms with van der Waals surface area (Å²) < 4.78 is 25.9. The molecule has 0 radical (unpaired) electrons. The second-order valence-electron chi connectivity index (χ2n) is 5.09. The Hall–Kier alpha value is -0.510. The van der Waals surface area contributed by atoms with Crippen molar-refractivity contribution in [3.05, 3.63) is 0 Å². The molecule has 1 saturated carbocycles. The molecular weight excluding hydrogens is 200 g/mol. The van der Waals surface area contributed by atoms with Gasteiger partial charge in [0, 0.05) is 18.3 Å². The summed E-state index contributed by atoms with van der Waals surface area (Å²) >= 11 is 0. The molecule has 0 aromatic heterocycles. The Kier molecular flexibility index (Phi) is 2.57. The summed E-state index contributed by atoms with van der Waals surface area (Å²) in [6.45, 7) is 2.34. The van der Waals surface area contributed by atoms with Crippen LogP contribution in [0.4, 0.5) is 8.78 Å². The van der Waals surface area contributed by atoms with Gasteiger partial charge in [-0.1, -0.05) is 13.3 Å². The maximum absolute atomic E-state index is 12.9. The summed E-state index contributed by atoms with van der Waals surface area (Å²) in [7, 11) is 0. The molecule has 0 bridgehead atoms. The third-order valence-corrected chi connectivity index (χ3v) is 3.63. The second kappa shape index (κ2) is 3.51. The quantitative estimate of drug-likeness (QED) is 0.784. The molecule has 2 aliphatic rings. The minimum atomic E-state index is -2.61. The summed E-state index contributed by atoms with van der Waals surface area (Å²) in [6.07, 6.45) is 2.81. The van der Waals surface area contributed by atoms with E-state index in [9.17, 15) is 13.6 Å². The SMILES string of the molecule is CC1(CC(=O)[C@@H]2CCCCN2)CC1(F)F. The van der Waals surface area contributed by atoms with Crippen LogP contribution in [-0.2, 0) is 4.79 Å². The average molecular weight is 217 g/mol. The summed E-state index contributed by atoms with van der Waals surface area (Å²) in [6, 6.07) is -0.174. The number of rotatable bonds is 3. The van der Waals surface area contributed by atoms with E-state index >= 15 is 0 Å². The molecule has 2 fully saturated rings. The number of piperidine rings is 1. The van der Waals surface area contributed by atoms with E-state index in [2.05, 4.69) is 5.32 Å². The van der Waals surface area contributed by atoms with Crippen molar-refractivity contribution < 1.29 is 13.6 Å². The van der Waals surface area contributed by atoms with Crippen molar-refractivity contribution in [1.82, 2.24) is 5.32 Å². The van der Waals surface area contributed by atoms with Crippen LogP contribution in [0.5, 0.6) is 0 Å². The minimum absolute atomic E-state index is 0.0255. The Morgan fingerprint density at radius 1 is 1.47 bits per heavy atom. The molecule has 1 aliphatic carbocycles. The summed E-state index contributed by atoms with van der Waals surface area (Å²) in [5.74, 6) is -2.65. The van der Waals surface area contributed by atoms with Crippen LogP contribution in [0.3, 0.4) is 0 Å². The average Bonchev–Trinajstić information content (AvgIpc) is 2.66. The van der Waals surface area contributed by atoms with Crippen molar-refractivity contribution in [2.45, 2.75) is 51.0 Å². The van der Waals surface area contributed by atoms with E-state index in [4.69, 9.17) is 0 Å². The minimum Gasteiger partial charge on any atom is -0.307 e. The highest BCUT2D eigenvalue weighted by atomic mass is 19.3. The summed E-state index contributed by atoms with van der Waals surface area (Å²) in [5, 5.41) is 3.10. The van der Waals surface area contributed by atoms with Crippen molar-refractivity contribution in [3.63, 3.8) is 0 Å². The van der Waals surface area contributed by atoms with Gasteiger partial charge in [-0.2, -0.15) is 0 Å². The zero-order valence-corrected chi connectivity index (χ0v) is 8.98. The molecule has 15 heavy (non-hydrogen) atoms. The van der Waals surface area contributed by atoms with Gasteiger partial charge in [0.2, 0.25) is 0 Å². The zero-order chi connectivity index (χ0) is 11.1. The Morgan fingerprint density at radius 2 is 2.13 bits per heavy atom. The molecule has 2 atom stereocenters. The highest BCUT2D eigenvalue weighted by molar-refractivity contribution is 5.85. The van der Waals surface area contributed by atoms with Crippen LogP contribution in [-0.4, -0.2) is 24.3 Å². The molecule has 1 saturated heterocycles. The van der Waals surface area contributed by atoms with E-state index in [1.807, 2.05) is 0 Å². The van der Waals surface area contributed by atoms with Gasteiger partial charge in [-0.25, -0.2) is 8.78 Å².